The standard InChI is InChI=1S/C14H11F5N2/c1-7-2-4-9(15)11(12(7)16)13(20)10-5-3-8(6-21-10)14(17,18)19/h2-6,13H,20H2,1H3. The maximum Gasteiger partial charge on any atom is 0.417 e. The van der Waals surface area contributed by atoms with Gasteiger partial charge in [-0.15, -0.1) is 0 Å². The van der Waals surface area contributed by atoms with Crippen molar-refractivity contribution in [1.82, 2.24) is 4.98 Å². The van der Waals surface area contributed by atoms with Gasteiger partial charge in [0.25, 0.3) is 0 Å². The molecule has 0 aliphatic heterocycles. The van der Waals surface area contributed by atoms with E-state index in [0.29, 0.717) is 6.20 Å². The van der Waals surface area contributed by atoms with Gasteiger partial charge >= 0.3 is 6.18 Å². The minimum atomic E-state index is -4.53. The predicted octanol–water partition coefficient (Wildman–Crippen LogP) is 3.74. The Labute approximate surface area is 117 Å². The molecule has 21 heavy (non-hydrogen) atoms. The minimum Gasteiger partial charge on any atom is -0.319 e. The molecule has 0 aliphatic carbocycles. The lowest BCUT2D eigenvalue weighted by Gasteiger charge is -2.15. The van der Waals surface area contributed by atoms with Crippen LogP contribution in [0.15, 0.2) is 30.5 Å². The Balaban J connectivity index is 2.41. The molecule has 1 aromatic carbocycles. The number of aryl methyl sites for hydroxylation is 1. The van der Waals surface area contributed by atoms with E-state index in [1.54, 1.807) is 0 Å². The quantitative estimate of drug-likeness (QED) is 0.858. The lowest BCUT2D eigenvalue weighted by atomic mass is 10.00. The minimum absolute atomic E-state index is 0.0496. The van der Waals surface area contributed by atoms with Crippen LogP contribution in [0.2, 0.25) is 0 Å². The molecule has 112 valence electrons. The molecular formula is C14H11F5N2. The van der Waals surface area contributed by atoms with Crippen molar-refractivity contribution in [2.45, 2.75) is 19.1 Å². The molecule has 0 aliphatic rings. The first-order valence-corrected chi connectivity index (χ1v) is 5.95. The fourth-order valence-electron chi connectivity index (χ4n) is 1.87. The van der Waals surface area contributed by atoms with Crippen molar-refractivity contribution in [3.8, 4) is 0 Å². The highest BCUT2D eigenvalue weighted by Crippen LogP contribution is 2.30. The number of benzene rings is 1. The summed E-state index contributed by atoms with van der Waals surface area (Å²) in [5.74, 6) is -1.70. The maximum absolute atomic E-state index is 13.9. The highest BCUT2D eigenvalue weighted by Gasteiger charge is 2.31. The van der Waals surface area contributed by atoms with E-state index in [2.05, 4.69) is 4.98 Å². The molecule has 0 bridgehead atoms. The lowest BCUT2D eigenvalue weighted by Crippen LogP contribution is -2.18. The molecule has 0 spiro atoms. The van der Waals surface area contributed by atoms with Gasteiger partial charge in [-0.25, -0.2) is 8.78 Å². The fourth-order valence-corrected chi connectivity index (χ4v) is 1.87. The summed E-state index contributed by atoms with van der Waals surface area (Å²) in [6.07, 6.45) is -3.95. The number of rotatable bonds is 2. The first-order valence-electron chi connectivity index (χ1n) is 5.95. The molecule has 1 aromatic heterocycles. The Morgan fingerprint density at radius 3 is 2.29 bits per heavy atom. The summed E-state index contributed by atoms with van der Waals surface area (Å²) in [6, 6.07) is 2.80. The van der Waals surface area contributed by atoms with Crippen LogP contribution in [0.25, 0.3) is 0 Å². The summed E-state index contributed by atoms with van der Waals surface area (Å²) in [5.41, 5.74) is 4.49. The SMILES string of the molecule is Cc1ccc(F)c(C(N)c2ccc(C(F)(F)F)cn2)c1F. The van der Waals surface area contributed by atoms with Crippen molar-refractivity contribution in [3.05, 3.63) is 64.5 Å². The van der Waals surface area contributed by atoms with Crippen LogP contribution < -0.4 is 5.73 Å². The Morgan fingerprint density at radius 1 is 1.10 bits per heavy atom. The average Bonchev–Trinajstić information content (AvgIpc) is 2.42. The van der Waals surface area contributed by atoms with Crippen molar-refractivity contribution in [2.24, 2.45) is 5.73 Å². The Hall–Kier alpha value is -2.02. The molecule has 7 heteroatoms. The predicted molar refractivity (Wildman–Crippen MR) is 66.4 cm³/mol. The van der Waals surface area contributed by atoms with Crippen LogP contribution in [0.3, 0.4) is 0 Å². The van der Waals surface area contributed by atoms with Crippen LogP contribution in [0, 0.1) is 18.6 Å². The molecule has 1 unspecified atom stereocenters. The number of alkyl halides is 3. The van der Waals surface area contributed by atoms with Crippen molar-refractivity contribution in [1.29, 1.82) is 0 Å². The number of halogens is 5. The highest BCUT2D eigenvalue weighted by molar-refractivity contribution is 5.34. The van der Waals surface area contributed by atoms with E-state index in [9.17, 15) is 22.0 Å². The molecule has 0 fully saturated rings. The summed E-state index contributed by atoms with van der Waals surface area (Å²) in [4.78, 5) is 3.56. The van der Waals surface area contributed by atoms with Crippen LogP contribution in [0.4, 0.5) is 22.0 Å². The van der Waals surface area contributed by atoms with Gasteiger partial charge in [0.15, 0.2) is 0 Å². The molecule has 0 radical (unpaired) electrons. The van der Waals surface area contributed by atoms with Gasteiger partial charge in [-0.3, -0.25) is 4.98 Å². The third-order valence-electron chi connectivity index (χ3n) is 3.06. The Morgan fingerprint density at radius 2 is 1.76 bits per heavy atom. The van der Waals surface area contributed by atoms with E-state index >= 15 is 0 Å². The monoisotopic (exact) mass is 302 g/mol. The van der Waals surface area contributed by atoms with E-state index in [1.807, 2.05) is 0 Å². The van der Waals surface area contributed by atoms with Gasteiger partial charge in [-0.1, -0.05) is 6.07 Å². The van der Waals surface area contributed by atoms with Crippen LogP contribution >= 0.6 is 0 Å². The third kappa shape index (κ3) is 3.02. The van der Waals surface area contributed by atoms with Gasteiger partial charge in [-0.2, -0.15) is 13.2 Å². The van der Waals surface area contributed by atoms with Gasteiger partial charge in [0.1, 0.15) is 11.6 Å². The zero-order valence-corrected chi connectivity index (χ0v) is 10.9. The Bertz CT molecular complexity index is 650. The summed E-state index contributed by atoms with van der Waals surface area (Å²) in [7, 11) is 0. The number of pyridine rings is 1. The fraction of sp³-hybridized carbons (Fsp3) is 0.214. The van der Waals surface area contributed by atoms with Crippen molar-refractivity contribution in [3.63, 3.8) is 0 Å². The number of nitrogens with zero attached hydrogens (tertiary/aromatic N) is 1. The molecule has 2 nitrogen and oxygen atoms in total. The highest BCUT2D eigenvalue weighted by atomic mass is 19.4. The van der Waals surface area contributed by atoms with Crippen molar-refractivity contribution in [2.75, 3.05) is 0 Å². The number of hydrogen-bond acceptors (Lipinski definition) is 2. The zero-order valence-electron chi connectivity index (χ0n) is 10.9. The van der Waals surface area contributed by atoms with Crippen molar-refractivity contribution >= 4 is 0 Å². The molecule has 1 heterocycles. The topological polar surface area (TPSA) is 38.9 Å². The number of hydrogen-bond donors (Lipinski definition) is 1. The van der Waals surface area contributed by atoms with Gasteiger partial charge < -0.3 is 5.73 Å². The largest absolute Gasteiger partial charge is 0.417 e. The van der Waals surface area contributed by atoms with Crippen LogP contribution in [0.1, 0.15) is 28.4 Å². The zero-order chi connectivity index (χ0) is 15.8. The first kappa shape index (κ1) is 15.4. The average molecular weight is 302 g/mol. The first-order chi connectivity index (χ1) is 9.71. The second-order valence-corrected chi connectivity index (χ2v) is 4.54. The maximum atomic E-state index is 13.9. The van der Waals surface area contributed by atoms with Gasteiger partial charge in [0, 0.05) is 11.8 Å². The van der Waals surface area contributed by atoms with Crippen LogP contribution in [-0.2, 0) is 6.18 Å². The molecule has 2 aromatic rings. The van der Waals surface area contributed by atoms with Crippen LogP contribution in [-0.4, -0.2) is 4.98 Å². The number of nitrogens with two attached hydrogens (primary N) is 1. The van der Waals surface area contributed by atoms with Crippen molar-refractivity contribution < 1.29 is 22.0 Å². The lowest BCUT2D eigenvalue weighted by molar-refractivity contribution is -0.137. The van der Waals surface area contributed by atoms with Gasteiger partial charge in [0.05, 0.1) is 17.3 Å². The second-order valence-electron chi connectivity index (χ2n) is 4.54. The molecule has 2 N–H and O–H groups in total. The normalized spacial score (nSPS) is 13.3. The molecule has 0 saturated carbocycles. The molecule has 1 atom stereocenters. The molecule has 2 rings (SSSR count). The number of aromatic nitrogens is 1. The van der Waals surface area contributed by atoms with E-state index in [0.717, 1.165) is 18.2 Å². The van der Waals surface area contributed by atoms with E-state index in [4.69, 9.17) is 5.73 Å². The molecule has 0 amide bonds. The van der Waals surface area contributed by atoms with Crippen LogP contribution in [0.5, 0.6) is 0 Å². The third-order valence-corrected chi connectivity index (χ3v) is 3.06. The smallest absolute Gasteiger partial charge is 0.319 e. The van der Waals surface area contributed by atoms with Gasteiger partial charge in [-0.05, 0) is 30.7 Å². The van der Waals surface area contributed by atoms with Gasteiger partial charge in [0.2, 0.25) is 0 Å². The molecule has 0 saturated heterocycles. The van der Waals surface area contributed by atoms with E-state index in [1.165, 1.54) is 13.0 Å². The summed E-state index contributed by atoms with van der Waals surface area (Å²) < 4.78 is 64.9. The second kappa shape index (κ2) is 5.40. The summed E-state index contributed by atoms with van der Waals surface area (Å²) >= 11 is 0. The Kier molecular flexibility index (Phi) is 3.95. The summed E-state index contributed by atoms with van der Waals surface area (Å²) in [6.45, 7) is 1.44. The summed E-state index contributed by atoms with van der Waals surface area (Å²) in [5, 5.41) is 0. The van der Waals surface area contributed by atoms with E-state index < -0.39 is 35.0 Å². The van der Waals surface area contributed by atoms with E-state index in [-0.39, 0.29) is 11.3 Å². The molecular weight excluding hydrogens is 291 g/mol.